The van der Waals surface area contributed by atoms with Crippen LogP contribution in [0.3, 0.4) is 0 Å². The summed E-state index contributed by atoms with van der Waals surface area (Å²) in [6.07, 6.45) is 4.80. The molecule has 1 aliphatic rings. The summed E-state index contributed by atoms with van der Waals surface area (Å²) in [5.41, 5.74) is 3.33. The molecule has 0 radical (unpaired) electrons. The molecule has 1 N–H and O–H groups in total. The largest absolute Gasteiger partial charge is 0.350 e. The molecule has 0 aliphatic heterocycles. The summed E-state index contributed by atoms with van der Waals surface area (Å²) in [5, 5.41) is 8.73. The van der Waals surface area contributed by atoms with Crippen LogP contribution in [0.1, 0.15) is 65.8 Å². The van der Waals surface area contributed by atoms with Crippen molar-refractivity contribution in [3.05, 3.63) is 82.4 Å². The fourth-order valence-electron chi connectivity index (χ4n) is 4.32. The van der Waals surface area contributed by atoms with Crippen LogP contribution in [0.4, 0.5) is 0 Å². The summed E-state index contributed by atoms with van der Waals surface area (Å²) in [7, 11) is 0. The molecule has 0 saturated heterocycles. The highest BCUT2D eigenvalue weighted by Gasteiger charge is 2.38. The van der Waals surface area contributed by atoms with Gasteiger partial charge in [-0.05, 0) is 47.5 Å². The predicted octanol–water partition coefficient (Wildman–Crippen LogP) is 4.54. The Balaban J connectivity index is 1.68. The van der Waals surface area contributed by atoms with Gasteiger partial charge < -0.3 is 10.2 Å². The number of nitrogens with one attached hydrogen (secondary N) is 1. The van der Waals surface area contributed by atoms with Crippen LogP contribution in [0.25, 0.3) is 0 Å². The molecule has 1 aromatic heterocycles. The number of aromatic nitrogens is 2. The van der Waals surface area contributed by atoms with Gasteiger partial charge in [-0.25, -0.2) is 0 Å². The zero-order valence-corrected chi connectivity index (χ0v) is 19.1. The Bertz CT molecular complexity index is 1020. The molecule has 3 aromatic rings. The maximum Gasteiger partial charge on any atom is 0.276 e. The molecule has 0 unspecified atom stereocenters. The molecule has 166 valence electrons. The van der Waals surface area contributed by atoms with Crippen LogP contribution in [0, 0.1) is 0 Å². The zero-order valence-electron chi connectivity index (χ0n) is 18.2. The average Bonchev–Trinajstić information content (AvgIpc) is 3.56. The lowest BCUT2D eigenvalue weighted by Gasteiger charge is -2.35. The maximum absolute atomic E-state index is 13.6. The van der Waals surface area contributed by atoms with Gasteiger partial charge in [-0.2, -0.15) is 0 Å². The van der Waals surface area contributed by atoms with Crippen LogP contribution in [-0.4, -0.2) is 32.3 Å². The summed E-state index contributed by atoms with van der Waals surface area (Å²) >= 11 is 1.15. The van der Waals surface area contributed by atoms with Gasteiger partial charge in [-0.1, -0.05) is 78.9 Å². The van der Waals surface area contributed by atoms with Crippen LogP contribution in [0.2, 0.25) is 0 Å². The van der Waals surface area contributed by atoms with Gasteiger partial charge in [0.25, 0.3) is 5.91 Å². The number of carbonyl (C=O) groups is 2. The molecular weight excluding hydrogens is 420 g/mol. The second-order valence-corrected chi connectivity index (χ2v) is 8.75. The molecule has 32 heavy (non-hydrogen) atoms. The maximum atomic E-state index is 13.6. The molecule has 0 spiro atoms. The van der Waals surface area contributed by atoms with Crippen LogP contribution in [0.15, 0.2) is 60.0 Å². The number of carbonyl (C=O) groups excluding carboxylic acids is 2. The van der Waals surface area contributed by atoms with E-state index in [4.69, 9.17) is 0 Å². The molecule has 7 heteroatoms. The molecule has 1 fully saturated rings. The van der Waals surface area contributed by atoms with Crippen molar-refractivity contribution in [3.63, 3.8) is 0 Å². The number of aryl methyl sites for hydroxylation is 1. The minimum absolute atomic E-state index is 0.00234. The van der Waals surface area contributed by atoms with Crippen molar-refractivity contribution in [1.29, 1.82) is 0 Å². The molecule has 2 aromatic carbocycles. The van der Waals surface area contributed by atoms with E-state index in [0.717, 1.165) is 54.8 Å². The molecular formula is C25H28N4O2S. The van der Waals surface area contributed by atoms with Gasteiger partial charge >= 0.3 is 0 Å². The number of hydrogen-bond acceptors (Lipinski definition) is 5. The summed E-state index contributed by atoms with van der Waals surface area (Å²) < 4.78 is 3.87. The van der Waals surface area contributed by atoms with Gasteiger partial charge in [0.05, 0.1) is 0 Å². The summed E-state index contributed by atoms with van der Waals surface area (Å²) in [4.78, 5) is 28.9. The normalized spacial score (nSPS) is 14.8. The lowest BCUT2D eigenvalue weighted by Crippen LogP contribution is -2.48. The first-order valence-electron chi connectivity index (χ1n) is 11.2. The van der Waals surface area contributed by atoms with Crippen molar-refractivity contribution >= 4 is 23.3 Å². The first-order valence-corrected chi connectivity index (χ1v) is 12.0. The fraction of sp³-hybridized carbons (Fsp3) is 0.360. The third-order valence-corrected chi connectivity index (χ3v) is 6.58. The van der Waals surface area contributed by atoms with E-state index in [2.05, 4.69) is 21.8 Å². The zero-order chi connectivity index (χ0) is 22.3. The van der Waals surface area contributed by atoms with Crippen molar-refractivity contribution in [1.82, 2.24) is 19.8 Å². The Morgan fingerprint density at radius 2 is 1.78 bits per heavy atom. The molecule has 0 bridgehead atoms. The Hall–Kier alpha value is -3.06. The van der Waals surface area contributed by atoms with Crippen LogP contribution >= 0.6 is 11.5 Å². The van der Waals surface area contributed by atoms with Crippen LogP contribution in [0.5, 0.6) is 0 Å². The van der Waals surface area contributed by atoms with Crippen molar-refractivity contribution in [2.75, 3.05) is 0 Å². The minimum Gasteiger partial charge on any atom is -0.350 e. The smallest absolute Gasteiger partial charge is 0.276 e. The number of nitrogens with zero attached hydrogens (tertiary/aromatic N) is 3. The molecule has 1 saturated carbocycles. The lowest BCUT2D eigenvalue weighted by atomic mass is 9.98. The van der Waals surface area contributed by atoms with E-state index in [1.165, 1.54) is 5.56 Å². The third-order valence-electron chi connectivity index (χ3n) is 6.07. The topological polar surface area (TPSA) is 75.2 Å². The van der Waals surface area contributed by atoms with Gasteiger partial charge in [0.15, 0.2) is 5.69 Å². The van der Waals surface area contributed by atoms with Gasteiger partial charge in [0.1, 0.15) is 6.04 Å². The quantitative estimate of drug-likeness (QED) is 0.549. The van der Waals surface area contributed by atoms with E-state index in [1.807, 2.05) is 54.6 Å². The number of amides is 2. The number of hydrogen-bond donors (Lipinski definition) is 1. The summed E-state index contributed by atoms with van der Waals surface area (Å²) in [6, 6.07) is 17.1. The second kappa shape index (κ2) is 10.5. The molecule has 2 amide bonds. The summed E-state index contributed by atoms with van der Waals surface area (Å²) in [5.74, 6) is -0.411. The van der Waals surface area contributed by atoms with Crippen LogP contribution in [-0.2, 0) is 17.8 Å². The second-order valence-electron chi connectivity index (χ2n) is 8.14. The SMILES string of the molecule is CCc1ccc([C@H](C(=O)NCc2ccccc2)N(C(=O)c2csnn2)C2CCCC2)cc1. The van der Waals surface area contributed by atoms with Crippen molar-refractivity contribution in [3.8, 4) is 0 Å². The van der Waals surface area contributed by atoms with E-state index in [1.54, 1.807) is 10.3 Å². The van der Waals surface area contributed by atoms with Crippen LogP contribution < -0.4 is 5.32 Å². The first-order chi connectivity index (χ1) is 15.7. The molecule has 1 heterocycles. The van der Waals surface area contributed by atoms with Gasteiger partial charge in [-0.3, -0.25) is 9.59 Å². The lowest BCUT2D eigenvalue weighted by molar-refractivity contribution is -0.126. The van der Waals surface area contributed by atoms with Crippen molar-refractivity contribution < 1.29 is 9.59 Å². The Kier molecular flexibility index (Phi) is 7.27. The van der Waals surface area contributed by atoms with E-state index in [-0.39, 0.29) is 17.9 Å². The number of rotatable bonds is 8. The number of benzene rings is 2. The van der Waals surface area contributed by atoms with E-state index >= 15 is 0 Å². The molecule has 6 nitrogen and oxygen atoms in total. The predicted molar refractivity (Wildman–Crippen MR) is 125 cm³/mol. The third kappa shape index (κ3) is 5.05. The van der Waals surface area contributed by atoms with Crippen molar-refractivity contribution in [2.45, 2.75) is 57.7 Å². The van der Waals surface area contributed by atoms with Gasteiger partial charge in [0.2, 0.25) is 5.91 Å². The minimum atomic E-state index is -0.720. The van der Waals surface area contributed by atoms with E-state index in [0.29, 0.717) is 12.2 Å². The Labute approximate surface area is 192 Å². The Morgan fingerprint density at radius 3 is 2.41 bits per heavy atom. The van der Waals surface area contributed by atoms with E-state index < -0.39 is 6.04 Å². The molecule has 4 rings (SSSR count). The highest BCUT2D eigenvalue weighted by molar-refractivity contribution is 7.03. The monoisotopic (exact) mass is 448 g/mol. The Morgan fingerprint density at radius 1 is 1.06 bits per heavy atom. The molecule has 1 aliphatic carbocycles. The average molecular weight is 449 g/mol. The highest BCUT2D eigenvalue weighted by Crippen LogP contribution is 2.33. The fourth-order valence-corrected chi connectivity index (χ4v) is 4.75. The van der Waals surface area contributed by atoms with Crippen molar-refractivity contribution in [2.24, 2.45) is 0 Å². The van der Waals surface area contributed by atoms with E-state index in [9.17, 15) is 9.59 Å². The van der Waals surface area contributed by atoms with Gasteiger partial charge in [-0.15, -0.1) is 5.10 Å². The highest BCUT2D eigenvalue weighted by atomic mass is 32.1. The summed E-state index contributed by atoms with van der Waals surface area (Å²) in [6.45, 7) is 2.51. The standard InChI is InChI=1S/C25H28N4O2S/c1-2-18-12-14-20(15-13-18)23(24(30)26-16-19-8-4-3-5-9-19)29(21-10-6-7-11-21)25(31)22-17-32-28-27-22/h3-5,8-9,12-15,17,21,23H,2,6-7,10-11,16H2,1H3,(H,26,30)/t23-/m1/s1. The first kappa shape index (κ1) is 22.1. The van der Waals surface area contributed by atoms with Gasteiger partial charge in [0, 0.05) is 18.0 Å². The molecule has 1 atom stereocenters.